The molecule has 142 valence electrons. The van der Waals surface area contributed by atoms with Gasteiger partial charge in [-0.25, -0.2) is 10.0 Å². The normalized spacial score (nSPS) is 12.4. The van der Waals surface area contributed by atoms with Crippen LogP contribution < -0.4 is 0 Å². The summed E-state index contributed by atoms with van der Waals surface area (Å²) in [5.41, 5.74) is 9.78. The van der Waals surface area contributed by atoms with Gasteiger partial charge in [0.25, 0.3) is 5.91 Å². The van der Waals surface area contributed by atoms with Crippen LogP contribution in [0, 0.1) is 0 Å². The third kappa shape index (κ3) is 6.98. The van der Waals surface area contributed by atoms with E-state index in [0.29, 0.717) is 29.0 Å². The predicted octanol–water partition coefficient (Wildman–Crippen LogP) is 4.93. The molecule has 1 N–H and O–H groups in total. The zero-order valence-corrected chi connectivity index (χ0v) is 18.1. The molecule has 2 rings (SSSR count). The topological polar surface area (TPSA) is 78.6 Å². The molecule has 2 heterocycles. The molecule has 0 radical (unpaired) electrons. The molecule has 0 saturated carbocycles. The minimum atomic E-state index is -0.223. The van der Waals surface area contributed by atoms with Crippen LogP contribution in [0.1, 0.15) is 46.1 Å². The second-order valence-electron chi connectivity index (χ2n) is 4.80. The minimum absolute atomic E-state index is 0. The van der Waals surface area contributed by atoms with Crippen LogP contribution in [-0.2, 0) is 30.1 Å². The van der Waals surface area contributed by atoms with Gasteiger partial charge in [-0.1, -0.05) is 26.6 Å². The van der Waals surface area contributed by atoms with Crippen LogP contribution >= 0.6 is 15.9 Å². The molecule has 0 aliphatic carbocycles. The van der Waals surface area contributed by atoms with Crippen LogP contribution in [0.3, 0.4) is 0 Å². The molecular formula is C17H24BrN4O2Pd-. The van der Waals surface area contributed by atoms with Crippen LogP contribution in [0.4, 0.5) is 5.69 Å². The third-order valence-corrected chi connectivity index (χ3v) is 3.47. The number of hydroxylamine groups is 2. The minimum Gasteiger partial charge on any atom is -0.485 e. The van der Waals surface area contributed by atoms with Crippen molar-refractivity contribution >= 4 is 39.4 Å². The number of halogens is 1. The van der Waals surface area contributed by atoms with E-state index in [2.05, 4.69) is 25.9 Å². The second kappa shape index (κ2) is 12.3. The van der Waals surface area contributed by atoms with E-state index >= 15 is 0 Å². The molecule has 1 aliphatic rings. The number of aromatic nitrogens is 1. The maximum absolute atomic E-state index is 12.6. The fraction of sp³-hybridized carbons (Fsp3) is 0.471. The van der Waals surface area contributed by atoms with Gasteiger partial charge in [-0.15, -0.1) is 0 Å². The van der Waals surface area contributed by atoms with Gasteiger partial charge in [0.05, 0.1) is 6.61 Å². The molecule has 1 aromatic heterocycles. The number of hydrogen-bond acceptors (Lipinski definition) is 4. The Morgan fingerprint density at radius 1 is 1.40 bits per heavy atom. The molecule has 6 nitrogen and oxygen atoms in total. The molecule has 25 heavy (non-hydrogen) atoms. The van der Waals surface area contributed by atoms with E-state index < -0.39 is 0 Å². The first-order valence-electron chi connectivity index (χ1n) is 8.15. The monoisotopic (exact) mass is 501 g/mol. The van der Waals surface area contributed by atoms with Crippen molar-refractivity contribution in [2.24, 2.45) is 4.99 Å². The molecular weight excluding hydrogens is 479 g/mol. The molecule has 0 spiro atoms. The van der Waals surface area contributed by atoms with Gasteiger partial charge in [0, 0.05) is 38.7 Å². The van der Waals surface area contributed by atoms with Gasteiger partial charge in [0.2, 0.25) is 0 Å². The Hall–Kier alpha value is -1.07. The van der Waals surface area contributed by atoms with E-state index in [1.165, 1.54) is 5.06 Å². The number of nitrogens with one attached hydrogen (secondary N) is 1. The quantitative estimate of drug-likeness (QED) is 0.325. The van der Waals surface area contributed by atoms with Crippen LogP contribution in [0.5, 0.6) is 0 Å². The maximum atomic E-state index is 12.6. The van der Waals surface area contributed by atoms with Crippen LogP contribution in [0.2, 0.25) is 0 Å². The van der Waals surface area contributed by atoms with Crippen molar-refractivity contribution in [2.45, 2.75) is 40.5 Å². The zero-order valence-electron chi connectivity index (χ0n) is 14.9. The number of hydrogen-bond donors (Lipinski definition) is 0. The van der Waals surface area contributed by atoms with Crippen molar-refractivity contribution in [1.29, 1.82) is 0 Å². The molecule has 1 aliphatic heterocycles. The summed E-state index contributed by atoms with van der Waals surface area (Å²) in [6.45, 7) is 8.76. The average Bonchev–Trinajstić information content (AvgIpc) is 2.73. The number of carbonyl (C=O) groups is 1. The Morgan fingerprint density at radius 3 is 2.68 bits per heavy atom. The second-order valence-corrected chi connectivity index (χ2v) is 5.61. The van der Waals surface area contributed by atoms with Gasteiger partial charge >= 0.3 is 0 Å². The molecule has 1 amide bonds. The summed E-state index contributed by atoms with van der Waals surface area (Å²) in [4.78, 5) is 26.4. The fourth-order valence-corrected chi connectivity index (χ4v) is 2.44. The number of amidine groups is 1. The Labute approximate surface area is 171 Å². The first kappa shape index (κ1) is 23.9. The van der Waals surface area contributed by atoms with E-state index in [0.717, 1.165) is 12.0 Å². The molecule has 0 atom stereocenters. The van der Waals surface area contributed by atoms with E-state index in [9.17, 15) is 4.79 Å². The Kier molecular flexibility index (Phi) is 11.8. The number of rotatable bonds is 5. The van der Waals surface area contributed by atoms with Gasteiger partial charge in [-0.3, -0.25) is 9.63 Å². The number of pyridine rings is 1. The standard InChI is InChI=1S/C15H19BrN4O2.C2H6.Pd/c1-3-5-20(22-4-2)15(21)10-6-11-9-18-13(16)8-12(11)19-14(17)7-10;1-2;/h6,8-9H,3-5,7H2,1-2H3,(H2,17,18,19,21);1-2H3;/p-1. The van der Waals surface area contributed by atoms with Gasteiger partial charge in [0.1, 0.15) is 4.60 Å². The van der Waals surface area contributed by atoms with Gasteiger partial charge < -0.3 is 10.7 Å². The summed E-state index contributed by atoms with van der Waals surface area (Å²) < 4.78 is 0.646. The van der Waals surface area contributed by atoms with E-state index in [1.54, 1.807) is 18.3 Å². The number of nitrogens with zero attached hydrogens (tertiary/aromatic N) is 3. The van der Waals surface area contributed by atoms with E-state index in [-0.39, 0.29) is 38.6 Å². The molecule has 0 unspecified atom stereocenters. The SMILES string of the molecule is CC.CCCN(OCC)C(=O)C1=Cc2cnc(Br)cc2N=C([NH-])C1.[Pd]. The van der Waals surface area contributed by atoms with Crippen molar-refractivity contribution in [3.05, 3.63) is 33.7 Å². The third-order valence-electron chi connectivity index (χ3n) is 3.03. The van der Waals surface area contributed by atoms with Crippen LogP contribution in [0.15, 0.2) is 27.4 Å². The van der Waals surface area contributed by atoms with Crippen molar-refractivity contribution in [3.8, 4) is 0 Å². The first-order valence-corrected chi connectivity index (χ1v) is 8.94. The Bertz CT molecular complexity index is 629. The van der Waals surface area contributed by atoms with Gasteiger partial charge in [0.15, 0.2) is 0 Å². The Balaban J connectivity index is 0.00000185. The summed E-state index contributed by atoms with van der Waals surface area (Å²) in [6.07, 6.45) is 4.35. The number of carbonyl (C=O) groups excluding carboxylic acids is 1. The van der Waals surface area contributed by atoms with E-state index in [1.807, 2.05) is 27.7 Å². The summed E-state index contributed by atoms with van der Waals surface area (Å²) in [5, 5.41) is 1.36. The molecule has 8 heteroatoms. The molecule has 0 fully saturated rings. The van der Waals surface area contributed by atoms with Gasteiger partial charge in [-0.2, -0.15) is 0 Å². The largest absolute Gasteiger partial charge is 0.485 e. The van der Waals surface area contributed by atoms with Gasteiger partial charge in [-0.05, 0) is 59.1 Å². The predicted molar refractivity (Wildman–Crippen MR) is 101 cm³/mol. The fourth-order valence-electron chi connectivity index (χ4n) is 2.12. The number of fused-ring (bicyclic) bond motifs is 1. The van der Waals surface area contributed by atoms with Crippen LogP contribution in [0.25, 0.3) is 11.8 Å². The molecule has 0 bridgehead atoms. The van der Waals surface area contributed by atoms with Crippen molar-refractivity contribution in [3.63, 3.8) is 0 Å². The summed E-state index contributed by atoms with van der Waals surface area (Å²) in [7, 11) is 0. The van der Waals surface area contributed by atoms with Crippen molar-refractivity contribution < 1.29 is 30.1 Å². The van der Waals surface area contributed by atoms with E-state index in [4.69, 9.17) is 10.6 Å². The van der Waals surface area contributed by atoms with Crippen molar-refractivity contribution in [1.82, 2.24) is 10.0 Å². The molecule has 0 aromatic carbocycles. The first-order chi connectivity index (χ1) is 11.5. The zero-order chi connectivity index (χ0) is 18.1. The maximum Gasteiger partial charge on any atom is 0.273 e. The van der Waals surface area contributed by atoms with Crippen LogP contribution in [-0.4, -0.2) is 34.9 Å². The van der Waals surface area contributed by atoms with Crippen molar-refractivity contribution in [2.75, 3.05) is 13.2 Å². The molecule has 0 saturated heterocycles. The Morgan fingerprint density at radius 2 is 2.08 bits per heavy atom. The summed E-state index contributed by atoms with van der Waals surface area (Å²) in [5.74, 6) is -0.0798. The number of amides is 1. The summed E-state index contributed by atoms with van der Waals surface area (Å²) >= 11 is 3.29. The number of aliphatic imine (C=N–C) groups is 1. The average molecular weight is 503 g/mol. The summed E-state index contributed by atoms with van der Waals surface area (Å²) in [6, 6.07) is 1.74. The molecule has 1 aromatic rings. The smallest absolute Gasteiger partial charge is 0.273 e.